The van der Waals surface area contributed by atoms with Crippen molar-refractivity contribution in [3.05, 3.63) is 34.4 Å². The highest BCUT2D eigenvalue weighted by Crippen LogP contribution is 2.26. The van der Waals surface area contributed by atoms with Crippen molar-refractivity contribution in [3.8, 4) is 0 Å². The summed E-state index contributed by atoms with van der Waals surface area (Å²) in [7, 11) is 1.61. The van der Waals surface area contributed by atoms with Gasteiger partial charge in [-0.15, -0.1) is 0 Å². The van der Waals surface area contributed by atoms with Gasteiger partial charge in [0.25, 0.3) is 5.69 Å². The Morgan fingerprint density at radius 1 is 1.50 bits per heavy atom. The van der Waals surface area contributed by atoms with Crippen LogP contribution in [0.5, 0.6) is 0 Å². The first-order valence-electron chi connectivity index (χ1n) is 6.34. The minimum atomic E-state index is -0.480. The Labute approximate surface area is 117 Å². The molecule has 1 rings (SSSR count). The first-order chi connectivity index (χ1) is 9.49. The molecule has 1 aromatic rings. The average molecular weight is 281 g/mol. The summed E-state index contributed by atoms with van der Waals surface area (Å²) in [5, 5.41) is 22.6. The highest BCUT2D eigenvalue weighted by molar-refractivity contribution is 5.82. The molecule has 0 spiro atoms. The molecule has 0 radical (unpaired) electrons. The second-order valence-corrected chi connectivity index (χ2v) is 4.46. The van der Waals surface area contributed by atoms with Crippen molar-refractivity contribution in [2.45, 2.75) is 19.4 Å². The van der Waals surface area contributed by atoms with Crippen molar-refractivity contribution in [2.24, 2.45) is 0 Å². The van der Waals surface area contributed by atoms with Gasteiger partial charge in [0.1, 0.15) is 5.69 Å². The fraction of sp³-hybridized carbons (Fsp3) is 0.462. The molecule has 0 saturated heterocycles. The predicted octanol–water partition coefficient (Wildman–Crippen LogP) is 0.918. The van der Waals surface area contributed by atoms with Gasteiger partial charge < -0.3 is 15.3 Å². The number of nitro benzene ring substituents is 1. The molecule has 0 aliphatic carbocycles. The van der Waals surface area contributed by atoms with E-state index in [-0.39, 0.29) is 30.8 Å². The number of para-hydroxylation sites is 2. The molecule has 1 atom stereocenters. The zero-order chi connectivity index (χ0) is 15.1. The maximum Gasteiger partial charge on any atom is 0.292 e. The van der Waals surface area contributed by atoms with Crippen LogP contribution in [-0.2, 0) is 4.79 Å². The maximum absolute atomic E-state index is 11.8. The lowest BCUT2D eigenvalue weighted by Gasteiger charge is -2.20. The fourth-order valence-corrected chi connectivity index (χ4v) is 1.79. The Hall–Kier alpha value is -2.15. The van der Waals surface area contributed by atoms with E-state index >= 15 is 0 Å². The summed E-state index contributed by atoms with van der Waals surface area (Å²) in [5.41, 5.74) is 0.335. The summed E-state index contributed by atoms with van der Waals surface area (Å²) >= 11 is 0. The van der Waals surface area contributed by atoms with E-state index in [9.17, 15) is 14.9 Å². The van der Waals surface area contributed by atoms with Crippen molar-refractivity contribution in [2.75, 3.05) is 25.1 Å². The second kappa shape index (κ2) is 7.44. The predicted molar refractivity (Wildman–Crippen MR) is 75.7 cm³/mol. The Bertz CT molecular complexity index is 474. The van der Waals surface area contributed by atoms with Crippen LogP contribution >= 0.6 is 0 Å². The molecule has 1 unspecified atom stereocenters. The van der Waals surface area contributed by atoms with Gasteiger partial charge in [-0.2, -0.15) is 0 Å². The van der Waals surface area contributed by atoms with Crippen LogP contribution in [0.15, 0.2) is 24.3 Å². The summed E-state index contributed by atoms with van der Waals surface area (Å²) in [4.78, 5) is 23.8. The van der Waals surface area contributed by atoms with Crippen LogP contribution in [0, 0.1) is 10.1 Å². The number of aliphatic hydroxyl groups is 1. The maximum atomic E-state index is 11.8. The molecule has 0 heterocycles. The van der Waals surface area contributed by atoms with E-state index in [1.165, 1.54) is 11.0 Å². The number of nitrogens with one attached hydrogen (secondary N) is 1. The lowest BCUT2D eigenvalue weighted by molar-refractivity contribution is -0.384. The first kappa shape index (κ1) is 15.9. The highest BCUT2D eigenvalue weighted by atomic mass is 16.6. The van der Waals surface area contributed by atoms with Crippen LogP contribution in [0.25, 0.3) is 0 Å². The van der Waals surface area contributed by atoms with Crippen LogP contribution < -0.4 is 10.2 Å². The summed E-state index contributed by atoms with van der Waals surface area (Å²) in [6.07, 6.45) is 0.622. The van der Waals surface area contributed by atoms with E-state index < -0.39 is 4.92 Å². The number of rotatable bonds is 7. The molecular weight excluding hydrogens is 262 g/mol. The Morgan fingerprint density at radius 2 is 2.15 bits per heavy atom. The van der Waals surface area contributed by atoms with Gasteiger partial charge in [-0.05, 0) is 12.5 Å². The topological polar surface area (TPSA) is 95.7 Å². The molecule has 0 aliphatic heterocycles. The van der Waals surface area contributed by atoms with Crippen LogP contribution in [0.2, 0.25) is 0 Å². The van der Waals surface area contributed by atoms with E-state index in [1.807, 2.05) is 6.92 Å². The average Bonchev–Trinajstić information content (AvgIpc) is 2.44. The third-order valence-electron chi connectivity index (χ3n) is 2.95. The fourth-order valence-electron chi connectivity index (χ4n) is 1.79. The van der Waals surface area contributed by atoms with Crippen LogP contribution in [0.1, 0.15) is 13.3 Å². The summed E-state index contributed by atoms with van der Waals surface area (Å²) < 4.78 is 0. The first-order valence-corrected chi connectivity index (χ1v) is 6.34. The third kappa shape index (κ3) is 4.20. The Kier molecular flexibility index (Phi) is 5.92. The van der Waals surface area contributed by atoms with Crippen molar-refractivity contribution >= 4 is 17.3 Å². The van der Waals surface area contributed by atoms with Gasteiger partial charge in [-0.25, -0.2) is 0 Å². The molecule has 0 aliphatic rings. The van der Waals surface area contributed by atoms with Gasteiger partial charge in [0.05, 0.1) is 24.1 Å². The standard InChI is InChI=1S/C13H19N3O4/c1-3-10(9-17)14-13(18)8-15(2)11-6-4-5-7-12(11)16(19)20/h4-7,10,17H,3,8-9H2,1-2H3,(H,14,18). The molecule has 1 amide bonds. The number of benzene rings is 1. The van der Waals surface area contributed by atoms with Crippen LogP contribution in [0.3, 0.4) is 0 Å². The number of hydrogen-bond donors (Lipinski definition) is 2. The van der Waals surface area contributed by atoms with Gasteiger partial charge >= 0.3 is 0 Å². The van der Waals surface area contributed by atoms with E-state index in [0.29, 0.717) is 12.1 Å². The number of carbonyl (C=O) groups is 1. The zero-order valence-corrected chi connectivity index (χ0v) is 11.6. The number of carbonyl (C=O) groups excluding carboxylic acids is 1. The lowest BCUT2D eigenvalue weighted by Crippen LogP contribution is -2.42. The summed E-state index contributed by atoms with van der Waals surface area (Å²) in [6, 6.07) is 5.95. The molecule has 2 N–H and O–H groups in total. The minimum absolute atomic E-state index is 0.0125. The zero-order valence-electron chi connectivity index (χ0n) is 11.6. The number of amides is 1. The van der Waals surface area contributed by atoms with Crippen molar-refractivity contribution in [1.29, 1.82) is 0 Å². The summed E-state index contributed by atoms with van der Waals surface area (Å²) in [6.45, 7) is 1.71. The largest absolute Gasteiger partial charge is 0.394 e. The molecule has 1 aromatic carbocycles. The number of aliphatic hydroxyl groups excluding tert-OH is 1. The Morgan fingerprint density at radius 3 is 2.70 bits per heavy atom. The number of nitrogens with zero attached hydrogens (tertiary/aromatic N) is 2. The molecule has 0 saturated carbocycles. The van der Waals surface area contributed by atoms with Gasteiger partial charge in [0.15, 0.2) is 0 Å². The van der Waals surface area contributed by atoms with Crippen molar-refractivity contribution in [3.63, 3.8) is 0 Å². The van der Waals surface area contributed by atoms with E-state index in [1.54, 1.807) is 25.2 Å². The molecule has 20 heavy (non-hydrogen) atoms. The summed E-state index contributed by atoms with van der Waals surface area (Å²) in [5.74, 6) is -0.286. The lowest BCUT2D eigenvalue weighted by atomic mass is 10.2. The normalized spacial score (nSPS) is 11.8. The van der Waals surface area contributed by atoms with Gasteiger partial charge in [-0.3, -0.25) is 14.9 Å². The van der Waals surface area contributed by atoms with Crippen molar-refractivity contribution < 1.29 is 14.8 Å². The minimum Gasteiger partial charge on any atom is -0.394 e. The van der Waals surface area contributed by atoms with E-state index in [4.69, 9.17) is 5.11 Å². The Balaban J connectivity index is 2.74. The molecule has 0 bridgehead atoms. The second-order valence-electron chi connectivity index (χ2n) is 4.46. The number of hydrogen-bond acceptors (Lipinski definition) is 5. The van der Waals surface area contributed by atoms with Crippen molar-refractivity contribution in [1.82, 2.24) is 5.32 Å². The highest BCUT2D eigenvalue weighted by Gasteiger charge is 2.18. The van der Waals surface area contributed by atoms with Gasteiger partial charge in [0.2, 0.25) is 5.91 Å². The van der Waals surface area contributed by atoms with Gasteiger partial charge in [-0.1, -0.05) is 19.1 Å². The molecular formula is C13H19N3O4. The monoisotopic (exact) mass is 281 g/mol. The number of anilines is 1. The van der Waals surface area contributed by atoms with Gasteiger partial charge in [0, 0.05) is 13.1 Å². The smallest absolute Gasteiger partial charge is 0.292 e. The van der Waals surface area contributed by atoms with E-state index in [0.717, 1.165) is 0 Å². The van der Waals surface area contributed by atoms with Crippen LogP contribution in [-0.4, -0.2) is 42.2 Å². The molecule has 7 nitrogen and oxygen atoms in total. The molecule has 7 heteroatoms. The molecule has 110 valence electrons. The van der Waals surface area contributed by atoms with E-state index in [2.05, 4.69) is 5.32 Å². The third-order valence-corrected chi connectivity index (χ3v) is 2.95. The van der Waals surface area contributed by atoms with Crippen LogP contribution in [0.4, 0.5) is 11.4 Å². The molecule has 0 fully saturated rings. The number of nitro groups is 1. The quantitative estimate of drug-likeness (QED) is 0.572. The number of likely N-dealkylation sites (N-methyl/N-ethyl adjacent to an activating group) is 1. The molecule has 0 aromatic heterocycles. The SMILES string of the molecule is CCC(CO)NC(=O)CN(C)c1ccccc1[N+](=O)[O-].